The highest BCUT2D eigenvalue weighted by atomic mass is 16.7. The van der Waals surface area contributed by atoms with E-state index in [1.807, 2.05) is 0 Å². The van der Waals surface area contributed by atoms with Gasteiger partial charge in [0.15, 0.2) is 0 Å². The Labute approximate surface area is 203 Å². The first-order chi connectivity index (χ1) is 16.7. The standard InChI is InChI=1S/C22H43N3O9/c1-4-6-31-18-22(2,19-32-15-12-28-9-8-27-7-5-24-25-23)20-33-16-13-29-10-11-30-14-17-34-21-26-3/h4H,1,5-21H2,2-3H3. The highest BCUT2D eigenvalue weighted by molar-refractivity contribution is 4.75. The Morgan fingerprint density at radius 2 is 1.15 bits per heavy atom. The summed E-state index contributed by atoms with van der Waals surface area (Å²) in [6.07, 6.45) is 1.71. The molecule has 0 aromatic rings. The minimum Gasteiger partial charge on any atom is -0.379 e. The molecule has 12 nitrogen and oxygen atoms in total. The van der Waals surface area contributed by atoms with Crippen LogP contribution >= 0.6 is 0 Å². The largest absolute Gasteiger partial charge is 0.379 e. The van der Waals surface area contributed by atoms with Crippen LogP contribution in [0.1, 0.15) is 6.92 Å². The zero-order valence-electron chi connectivity index (χ0n) is 20.8. The molecule has 0 aliphatic rings. The SMILES string of the molecule is C=CCOCC(C)(COCCOCCOCCN=[N+]=[N-])COCCOCCOCCOCOC. The lowest BCUT2D eigenvalue weighted by Crippen LogP contribution is -2.35. The van der Waals surface area contributed by atoms with Gasteiger partial charge in [-0.2, -0.15) is 0 Å². The average molecular weight is 494 g/mol. The van der Waals surface area contributed by atoms with E-state index < -0.39 is 0 Å². The smallest absolute Gasteiger partial charge is 0.146 e. The van der Waals surface area contributed by atoms with Crippen molar-refractivity contribution in [2.75, 3.05) is 120 Å². The molecule has 0 rings (SSSR count). The fraction of sp³-hybridized carbons (Fsp3) is 0.909. The Hall–Kier alpha value is -1.31. The Bertz CT molecular complexity index is 496. The fourth-order valence-electron chi connectivity index (χ4n) is 2.44. The van der Waals surface area contributed by atoms with Gasteiger partial charge in [0.05, 0.1) is 99.1 Å². The van der Waals surface area contributed by atoms with E-state index >= 15 is 0 Å². The number of ether oxygens (including phenoxy) is 9. The zero-order valence-corrected chi connectivity index (χ0v) is 20.8. The molecule has 0 spiro atoms. The summed E-state index contributed by atoms with van der Waals surface area (Å²) in [5.74, 6) is 0. The van der Waals surface area contributed by atoms with Gasteiger partial charge in [-0.25, -0.2) is 0 Å². The Kier molecular flexibility index (Phi) is 25.3. The number of methoxy groups -OCH3 is 1. The molecule has 1 atom stereocenters. The van der Waals surface area contributed by atoms with E-state index in [4.69, 9.17) is 48.2 Å². The van der Waals surface area contributed by atoms with Crippen LogP contribution in [-0.4, -0.2) is 120 Å². The van der Waals surface area contributed by atoms with Gasteiger partial charge in [0.25, 0.3) is 0 Å². The van der Waals surface area contributed by atoms with E-state index in [2.05, 4.69) is 23.5 Å². The second kappa shape index (κ2) is 26.3. The molecule has 200 valence electrons. The summed E-state index contributed by atoms with van der Waals surface area (Å²) in [4.78, 5) is 2.65. The molecule has 12 heteroatoms. The van der Waals surface area contributed by atoms with E-state index in [0.717, 1.165) is 0 Å². The molecule has 0 bridgehead atoms. The first kappa shape index (κ1) is 32.7. The third-order valence-corrected chi connectivity index (χ3v) is 4.05. The number of rotatable bonds is 28. The first-order valence-electron chi connectivity index (χ1n) is 11.4. The van der Waals surface area contributed by atoms with Crippen molar-refractivity contribution in [1.82, 2.24) is 0 Å². The Morgan fingerprint density at radius 3 is 1.62 bits per heavy atom. The highest BCUT2D eigenvalue weighted by Gasteiger charge is 2.25. The number of hydrogen-bond donors (Lipinski definition) is 0. The van der Waals surface area contributed by atoms with Crippen molar-refractivity contribution in [3.05, 3.63) is 23.1 Å². The van der Waals surface area contributed by atoms with E-state index in [9.17, 15) is 0 Å². The maximum absolute atomic E-state index is 8.17. The zero-order chi connectivity index (χ0) is 25.0. The predicted molar refractivity (Wildman–Crippen MR) is 126 cm³/mol. The van der Waals surface area contributed by atoms with Gasteiger partial charge < -0.3 is 42.6 Å². The summed E-state index contributed by atoms with van der Waals surface area (Å²) in [5, 5.41) is 3.39. The van der Waals surface area contributed by atoms with Crippen molar-refractivity contribution in [3.8, 4) is 0 Å². The van der Waals surface area contributed by atoms with Crippen molar-refractivity contribution < 1.29 is 42.6 Å². The van der Waals surface area contributed by atoms with Crippen molar-refractivity contribution in [1.29, 1.82) is 0 Å². The molecule has 0 amide bonds. The maximum atomic E-state index is 8.17. The molecule has 0 N–H and O–H groups in total. The van der Waals surface area contributed by atoms with E-state index in [1.54, 1.807) is 13.2 Å². The molecule has 1 unspecified atom stereocenters. The van der Waals surface area contributed by atoms with Gasteiger partial charge in [-0.15, -0.1) is 6.58 Å². The summed E-state index contributed by atoms with van der Waals surface area (Å²) in [5.41, 5.74) is 7.86. The third kappa shape index (κ3) is 23.8. The normalized spacial score (nSPS) is 12.9. The van der Waals surface area contributed by atoms with E-state index in [1.165, 1.54) is 0 Å². The van der Waals surface area contributed by atoms with Crippen molar-refractivity contribution in [2.45, 2.75) is 6.92 Å². The minimum atomic E-state index is -0.307. The fourth-order valence-corrected chi connectivity index (χ4v) is 2.44. The lowest BCUT2D eigenvalue weighted by atomic mass is 9.94. The number of azide groups is 1. The lowest BCUT2D eigenvalue weighted by molar-refractivity contribution is -0.0755. The van der Waals surface area contributed by atoms with Gasteiger partial charge in [0.2, 0.25) is 0 Å². The second-order valence-electron chi connectivity index (χ2n) is 7.44. The quantitative estimate of drug-likeness (QED) is 0.0402. The topological polar surface area (TPSA) is 132 Å². The molecular formula is C22H43N3O9. The van der Waals surface area contributed by atoms with Crippen molar-refractivity contribution in [3.63, 3.8) is 0 Å². The van der Waals surface area contributed by atoms with Crippen LogP contribution in [0.2, 0.25) is 0 Å². The van der Waals surface area contributed by atoms with Crippen LogP contribution in [0.3, 0.4) is 0 Å². The Balaban J connectivity index is 3.80. The molecule has 0 aliphatic carbocycles. The number of nitrogens with zero attached hydrogens (tertiary/aromatic N) is 3. The average Bonchev–Trinajstić information content (AvgIpc) is 2.83. The van der Waals surface area contributed by atoms with Crippen LogP contribution in [0.4, 0.5) is 0 Å². The van der Waals surface area contributed by atoms with Crippen LogP contribution in [0.5, 0.6) is 0 Å². The second-order valence-corrected chi connectivity index (χ2v) is 7.44. The number of hydrogen-bond acceptors (Lipinski definition) is 10. The first-order valence-corrected chi connectivity index (χ1v) is 11.4. The molecule has 34 heavy (non-hydrogen) atoms. The molecule has 0 aliphatic heterocycles. The van der Waals surface area contributed by atoms with Crippen LogP contribution in [-0.2, 0) is 42.6 Å². The molecule has 0 aromatic carbocycles. The van der Waals surface area contributed by atoms with Gasteiger partial charge >= 0.3 is 0 Å². The van der Waals surface area contributed by atoms with E-state index in [0.29, 0.717) is 106 Å². The molecule has 0 aromatic heterocycles. The van der Waals surface area contributed by atoms with Crippen LogP contribution in [0, 0.1) is 5.41 Å². The third-order valence-electron chi connectivity index (χ3n) is 4.05. The summed E-state index contributed by atoms with van der Waals surface area (Å²) in [6, 6.07) is 0. The van der Waals surface area contributed by atoms with Gasteiger partial charge in [0.1, 0.15) is 6.79 Å². The van der Waals surface area contributed by atoms with Crippen LogP contribution < -0.4 is 0 Å². The van der Waals surface area contributed by atoms with Crippen LogP contribution in [0.25, 0.3) is 10.4 Å². The Morgan fingerprint density at radius 1 is 0.706 bits per heavy atom. The maximum Gasteiger partial charge on any atom is 0.146 e. The van der Waals surface area contributed by atoms with Gasteiger partial charge in [-0.1, -0.05) is 18.1 Å². The molecule has 0 saturated heterocycles. The van der Waals surface area contributed by atoms with Crippen molar-refractivity contribution >= 4 is 0 Å². The molecular weight excluding hydrogens is 450 g/mol. The molecule has 0 saturated carbocycles. The molecule has 0 radical (unpaired) electrons. The van der Waals surface area contributed by atoms with E-state index in [-0.39, 0.29) is 12.2 Å². The summed E-state index contributed by atoms with van der Waals surface area (Å²) < 4.78 is 48.7. The van der Waals surface area contributed by atoms with Crippen LogP contribution in [0.15, 0.2) is 17.8 Å². The molecule has 0 fully saturated rings. The predicted octanol–water partition coefficient (Wildman–Crippen LogP) is 2.23. The summed E-state index contributed by atoms with van der Waals surface area (Å²) in [6.45, 7) is 13.3. The van der Waals surface area contributed by atoms with Gasteiger partial charge in [-0.3, -0.25) is 0 Å². The minimum absolute atomic E-state index is 0.269. The van der Waals surface area contributed by atoms with Gasteiger partial charge in [-0.05, 0) is 5.53 Å². The highest BCUT2D eigenvalue weighted by Crippen LogP contribution is 2.18. The molecule has 0 heterocycles. The summed E-state index contributed by atoms with van der Waals surface area (Å²) >= 11 is 0. The monoisotopic (exact) mass is 493 g/mol. The van der Waals surface area contributed by atoms with Crippen molar-refractivity contribution in [2.24, 2.45) is 10.5 Å². The lowest BCUT2D eigenvalue weighted by Gasteiger charge is -2.29. The summed E-state index contributed by atoms with van der Waals surface area (Å²) in [7, 11) is 1.58. The van der Waals surface area contributed by atoms with Gasteiger partial charge in [0, 0.05) is 24.0 Å².